The molecule has 0 saturated carbocycles. The zero-order valence-corrected chi connectivity index (χ0v) is 11.8. The van der Waals surface area contributed by atoms with Gasteiger partial charge in [-0.15, -0.1) is 0 Å². The van der Waals surface area contributed by atoms with Gasteiger partial charge < -0.3 is 14.7 Å². The predicted molar refractivity (Wildman–Crippen MR) is 77.7 cm³/mol. The van der Waals surface area contributed by atoms with E-state index < -0.39 is 5.82 Å². The van der Waals surface area contributed by atoms with Crippen molar-refractivity contribution >= 4 is 5.71 Å². The fourth-order valence-corrected chi connectivity index (χ4v) is 1.84. The van der Waals surface area contributed by atoms with Crippen molar-refractivity contribution < 1.29 is 19.1 Å². The van der Waals surface area contributed by atoms with Gasteiger partial charge in [-0.3, -0.25) is 0 Å². The lowest BCUT2D eigenvalue weighted by Gasteiger charge is -2.09. The first-order valence-corrected chi connectivity index (χ1v) is 6.39. The molecule has 110 valence electrons. The van der Waals surface area contributed by atoms with Gasteiger partial charge in [0.25, 0.3) is 0 Å². The van der Waals surface area contributed by atoms with Gasteiger partial charge in [0, 0.05) is 5.56 Å². The molecular formula is C16H16FNO3. The van der Waals surface area contributed by atoms with Crippen molar-refractivity contribution in [2.45, 2.75) is 13.5 Å². The second-order valence-corrected chi connectivity index (χ2v) is 4.43. The van der Waals surface area contributed by atoms with E-state index in [0.717, 1.165) is 5.56 Å². The van der Waals surface area contributed by atoms with E-state index in [1.54, 1.807) is 49.4 Å². The largest absolute Gasteiger partial charge is 0.494 e. The highest BCUT2D eigenvalue weighted by molar-refractivity contribution is 5.98. The molecule has 0 radical (unpaired) electrons. The van der Waals surface area contributed by atoms with Crippen LogP contribution in [0.1, 0.15) is 18.1 Å². The normalized spacial score (nSPS) is 11.3. The maximum Gasteiger partial charge on any atom is 0.171 e. The zero-order valence-electron chi connectivity index (χ0n) is 11.8. The molecule has 2 aromatic rings. The van der Waals surface area contributed by atoms with E-state index in [-0.39, 0.29) is 12.4 Å². The van der Waals surface area contributed by atoms with E-state index in [1.807, 2.05) is 0 Å². The fourth-order valence-electron chi connectivity index (χ4n) is 1.84. The lowest BCUT2D eigenvalue weighted by molar-refractivity contribution is 0.295. The molecule has 2 rings (SSSR count). The Kier molecular flexibility index (Phi) is 4.77. The van der Waals surface area contributed by atoms with Crippen LogP contribution in [0.15, 0.2) is 47.6 Å². The van der Waals surface area contributed by atoms with Crippen LogP contribution in [-0.2, 0) is 6.61 Å². The van der Waals surface area contributed by atoms with Gasteiger partial charge in [0.2, 0.25) is 0 Å². The number of methoxy groups -OCH3 is 1. The average molecular weight is 289 g/mol. The summed E-state index contributed by atoms with van der Waals surface area (Å²) in [4.78, 5) is 0. The molecule has 0 fully saturated rings. The molecule has 0 heterocycles. The quantitative estimate of drug-likeness (QED) is 0.519. The summed E-state index contributed by atoms with van der Waals surface area (Å²) in [6, 6.07) is 11.9. The summed E-state index contributed by atoms with van der Waals surface area (Å²) < 4.78 is 24.4. The van der Waals surface area contributed by atoms with Crippen molar-refractivity contribution in [1.82, 2.24) is 0 Å². The second-order valence-electron chi connectivity index (χ2n) is 4.43. The monoisotopic (exact) mass is 289 g/mol. The molecule has 0 unspecified atom stereocenters. The lowest BCUT2D eigenvalue weighted by atomic mass is 10.1. The van der Waals surface area contributed by atoms with Crippen LogP contribution in [0.2, 0.25) is 0 Å². The summed E-state index contributed by atoms with van der Waals surface area (Å²) in [5.74, 6) is 0.382. The van der Waals surface area contributed by atoms with Crippen molar-refractivity contribution in [2.24, 2.45) is 5.16 Å². The van der Waals surface area contributed by atoms with Crippen LogP contribution in [0, 0.1) is 5.82 Å². The molecule has 2 aromatic carbocycles. The van der Waals surface area contributed by atoms with Crippen molar-refractivity contribution in [3.63, 3.8) is 0 Å². The third kappa shape index (κ3) is 3.51. The fraction of sp³-hybridized carbons (Fsp3) is 0.188. The number of nitrogens with zero attached hydrogens (tertiary/aromatic N) is 1. The van der Waals surface area contributed by atoms with Gasteiger partial charge >= 0.3 is 0 Å². The average Bonchev–Trinajstić information content (AvgIpc) is 2.53. The van der Waals surface area contributed by atoms with E-state index in [9.17, 15) is 4.39 Å². The number of hydrogen-bond donors (Lipinski definition) is 1. The number of oxime groups is 1. The Morgan fingerprint density at radius 1 is 1.19 bits per heavy atom. The lowest BCUT2D eigenvalue weighted by Crippen LogP contribution is -2.01. The standard InChI is InChI=1S/C16H16FNO3/c1-11(18-19)12-6-8-14(9-7-12)21-10-13-4-3-5-15(20-2)16(13)17/h3-9,19H,10H2,1-2H3/b18-11+. The van der Waals surface area contributed by atoms with Gasteiger partial charge in [-0.05, 0) is 42.8 Å². The summed E-state index contributed by atoms with van der Waals surface area (Å²) in [6.45, 7) is 1.80. The first-order chi connectivity index (χ1) is 10.2. The topological polar surface area (TPSA) is 51.0 Å². The van der Waals surface area contributed by atoms with E-state index in [4.69, 9.17) is 14.7 Å². The molecule has 0 bridgehead atoms. The molecule has 21 heavy (non-hydrogen) atoms. The summed E-state index contributed by atoms with van der Waals surface area (Å²) in [7, 11) is 1.42. The predicted octanol–water partition coefficient (Wildman–Crippen LogP) is 3.61. The zero-order chi connectivity index (χ0) is 15.2. The number of benzene rings is 2. The van der Waals surface area contributed by atoms with Crippen molar-refractivity contribution in [3.05, 3.63) is 59.4 Å². The summed E-state index contributed by atoms with van der Waals surface area (Å²) in [5.41, 5.74) is 1.73. The molecule has 1 N–H and O–H groups in total. The molecule has 0 aliphatic heterocycles. The highest BCUT2D eigenvalue weighted by atomic mass is 19.1. The van der Waals surface area contributed by atoms with E-state index >= 15 is 0 Å². The van der Waals surface area contributed by atoms with E-state index in [2.05, 4.69) is 5.16 Å². The Morgan fingerprint density at radius 2 is 1.90 bits per heavy atom. The Bertz CT molecular complexity index is 638. The van der Waals surface area contributed by atoms with E-state index in [1.165, 1.54) is 7.11 Å². The third-order valence-electron chi connectivity index (χ3n) is 3.08. The third-order valence-corrected chi connectivity index (χ3v) is 3.08. The Morgan fingerprint density at radius 3 is 2.52 bits per heavy atom. The smallest absolute Gasteiger partial charge is 0.171 e. The minimum Gasteiger partial charge on any atom is -0.494 e. The molecule has 0 spiro atoms. The van der Waals surface area contributed by atoms with Gasteiger partial charge in [-0.1, -0.05) is 17.3 Å². The van der Waals surface area contributed by atoms with Crippen LogP contribution in [0.3, 0.4) is 0 Å². The Labute approximate surface area is 122 Å². The number of halogens is 1. The molecule has 0 amide bonds. The highest BCUT2D eigenvalue weighted by Crippen LogP contribution is 2.22. The summed E-state index contributed by atoms with van der Waals surface area (Å²) in [6.07, 6.45) is 0. The molecular weight excluding hydrogens is 273 g/mol. The Balaban J connectivity index is 2.07. The summed E-state index contributed by atoms with van der Waals surface area (Å²) in [5, 5.41) is 11.8. The van der Waals surface area contributed by atoms with Crippen LogP contribution in [-0.4, -0.2) is 18.0 Å². The first kappa shape index (κ1) is 14.8. The maximum absolute atomic E-state index is 13.9. The maximum atomic E-state index is 13.9. The summed E-state index contributed by atoms with van der Waals surface area (Å²) >= 11 is 0. The van der Waals surface area contributed by atoms with E-state index in [0.29, 0.717) is 17.0 Å². The van der Waals surface area contributed by atoms with Gasteiger partial charge in [-0.2, -0.15) is 0 Å². The van der Waals surface area contributed by atoms with Crippen molar-refractivity contribution in [1.29, 1.82) is 0 Å². The first-order valence-electron chi connectivity index (χ1n) is 6.39. The molecule has 0 saturated heterocycles. The number of ether oxygens (including phenoxy) is 2. The molecule has 0 aromatic heterocycles. The van der Waals surface area contributed by atoms with Crippen LogP contribution in [0.4, 0.5) is 4.39 Å². The molecule has 4 nitrogen and oxygen atoms in total. The second kappa shape index (κ2) is 6.74. The number of hydrogen-bond acceptors (Lipinski definition) is 4. The van der Waals surface area contributed by atoms with Crippen LogP contribution in [0.25, 0.3) is 0 Å². The van der Waals surface area contributed by atoms with Crippen LogP contribution in [0.5, 0.6) is 11.5 Å². The minimum atomic E-state index is -0.417. The number of rotatable bonds is 5. The Hall–Kier alpha value is -2.56. The molecule has 0 aliphatic rings. The van der Waals surface area contributed by atoms with Gasteiger partial charge in [0.05, 0.1) is 12.8 Å². The SMILES string of the molecule is COc1cccc(COc2ccc(/C(C)=N/O)cc2)c1F. The highest BCUT2D eigenvalue weighted by Gasteiger charge is 2.08. The van der Waals surface area contributed by atoms with Gasteiger partial charge in [0.1, 0.15) is 12.4 Å². The minimum absolute atomic E-state index is 0.107. The van der Waals surface area contributed by atoms with Crippen molar-refractivity contribution in [3.8, 4) is 11.5 Å². The molecule has 5 heteroatoms. The molecule has 0 aliphatic carbocycles. The van der Waals surface area contributed by atoms with Crippen LogP contribution < -0.4 is 9.47 Å². The van der Waals surface area contributed by atoms with Crippen molar-refractivity contribution in [2.75, 3.05) is 7.11 Å². The van der Waals surface area contributed by atoms with Gasteiger partial charge in [0.15, 0.2) is 11.6 Å². The van der Waals surface area contributed by atoms with Crippen LogP contribution >= 0.6 is 0 Å². The van der Waals surface area contributed by atoms with Gasteiger partial charge in [-0.25, -0.2) is 4.39 Å². The molecule has 0 atom stereocenters.